The molecule has 0 radical (unpaired) electrons. The summed E-state index contributed by atoms with van der Waals surface area (Å²) in [6, 6.07) is 0. The van der Waals surface area contributed by atoms with Crippen LogP contribution in [0.25, 0.3) is 0 Å². The Hall–Kier alpha value is -0.570. The Morgan fingerprint density at radius 2 is 1.15 bits per heavy atom. The van der Waals surface area contributed by atoms with Gasteiger partial charge in [0.25, 0.3) is 0 Å². The van der Waals surface area contributed by atoms with Crippen LogP contribution in [0.2, 0.25) is 0 Å². The normalized spacial score (nSPS) is 11.7. The number of esters is 1. The number of aliphatic hydroxyl groups excluding tert-OH is 1. The Balaban J connectivity index is 3.60. The average Bonchev–Trinajstić information content (AvgIpc) is 2.67. The lowest BCUT2D eigenvalue weighted by molar-refractivity contribution is -0.149. The van der Waals surface area contributed by atoms with Crippen molar-refractivity contribution in [2.24, 2.45) is 5.41 Å². The van der Waals surface area contributed by atoms with Gasteiger partial charge in [-0.2, -0.15) is 0 Å². The zero-order chi connectivity index (χ0) is 20.2. The van der Waals surface area contributed by atoms with Crippen LogP contribution in [0, 0.1) is 5.41 Å². The number of ether oxygens (including phenoxy) is 1. The third-order valence-electron chi connectivity index (χ3n) is 5.67. The number of hydrogen-bond acceptors (Lipinski definition) is 3. The Bertz CT molecular complexity index is 322. The summed E-state index contributed by atoms with van der Waals surface area (Å²) < 4.78 is 5.50. The maximum Gasteiger partial charge on any atom is 0.305 e. The molecular formula is C24H48O3. The topological polar surface area (TPSA) is 46.5 Å². The monoisotopic (exact) mass is 384 g/mol. The smallest absolute Gasteiger partial charge is 0.305 e. The van der Waals surface area contributed by atoms with Crippen LogP contribution in [0.3, 0.4) is 0 Å². The first-order valence-electron chi connectivity index (χ1n) is 11.9. The van der Waals surface area contributed by atoms with Gasteiger partial charge in [-0.1, -0.05) is 104 Å². The van der Waals surface area contributed by atoms with Crippen molar-refractivity contribution in [3.8, 4) is 0 Å². The van der Waals surface area contributed by atoms with Gasteiger partial charge >= 0.3 is 5.97 Å². The van der Waals surface area contributed by atoms with Crippen LogP contribution in [0.4, 0.5) is 0 Å². The molecule has 162 valence electrons. The van der Waals surface area contributed by atoms with E-state index in [9.17, 15) is 9.90 Å². The van der Waals surface area contributed by atoms with E-state index in [-0.39, 0.29) is 18.0 Å². The van der Waals surface area contributed by atoms with E-state index in [4.69, 9.17) is 4.74 Å². The quantitative estimate of drug-likeness (QED) is 0.178. The van der Waals surface area contributed by atoms with E-state index in [0.717, 1.165) is 38.5 Å². The summed E-state index contributed by atoms with van der Waals surface area (Å²) in [6.45, 7) is 6.99. The highest BCUT2D eigenvalue weighted by atomic mass is 16.5. The number of rotatable bonds is 20. The van der Waals surface area contributed by atoms with Crippen LogP contribution in [0.5, 0.6) is 0 Å². The first kappa shape index (κ1) is 26.4. The summed E-state index contributed by atoms with van der Waals surface area (Å²) in [6.07, 6.45) is 20.0. The van der Waals surface area contributed by atoms with Gasteiger partial charge in [0, 0.05) is 11.8 Å². The predicted molar refractivity (Wildman–Crippen MR) is 116 cm³/mol. The molecule has 0 atom stereocenters. The molecule has 0 spiro atoms. The van der Waals surface area contributed by atoms with E-state index in [0.29, 0.717) is 13.0 Å². The highest BCUT2D eigenvalue weighted by Gasteiger charge is 2.29. The number of unbranched alkanes of at least 4 members (excludes halogenated alkanes) is 11. The lowest BCUT2D eigenvalue weighted by atomic mass is 9.81. The van der Waals surface area contributed by atoms with Crippen molar-refractivity contribution in [2.75, 3.05) is 13.2 Å². The van der Waals surface area contributed by atoms with Crippen molar-refractivity contribution < 1.29 is 14.6 Å². The maximum absolute atomic E-state index is 12.0. The number of carbonyl (C=O) groups excluding carboxylic acids is 1. The summed E-state index contributed by atoms with van der Waals surface area (Å²) >= 11 is 0. The first-order valence-corrected chi connectivity index (χ1v) is 11.9. The molecule has 27 heavy (non-hydrogen) atoms. The van der Waals surface area contributed by atoms with Gasteiger partial charge in [-0.25, -0.2) is 0 Å². The summed E-state index contributed by atoms with van der Waals surface area (Å²) in [5.41, 5.74) is -0.226. The maximum atomic E-state index is 12.0. The standard InChI is InChI=1S/C24H48O3/c1-4-7-8-9-10-11-12-13-14-15-16-17-18-23(26)27-22-24(21-25,19-5-2)20-6-3/h25H,4-22H2,1-3H3. The third kappa shape index (κ3) is 15.1. The van der Waals surface area contributed by atoms with E-state index < -0.39 is 0 Å². The molecule has 0 saturated heterocycles. The van der Waals surface area contributed by atoms with Crippen molar-refractivity contribution in [2.45, 2.75) is 130 Å². The number of aliphatic hydroxyl groups is 1. The summed E-state index contributed by atoms with van der Waals surface area (Å²) in [7, 11) is 0. The lowest BCUT2D eigenvalue weighted by Crippen LogP contribution is -2.32. The van der Waals surface area contributed by atoms with Gasteiger partial charge in [-0.15, -0.1) is 0 Å². The molecule has 0 saturated carbocycles. The Kier molecular flexibility index (Phi) is 18.4. The molecule has 0 bridgehead atoms. The average molecular weight is 385 g/mol. The lowest BCUT2D eigenvalue weighted by Gasteiger charge is -2.30. The van der Waals surface area contributed by atoms with Crippen LogP contribution in [0.1, 0.15) is 130 Å². The highest BCUT2D eigenvalue weighted by Crippen LogP contribution is 2.30. The largest absolute Gasteiger partial charge is 0.465 e. The fraction of sp³-hybridized carbons (Fsp3) is 0.958. The van der Waals surface area contributed by atoms with Crippen LogP contribution >= 0.6 is 0 Å². The van der Waals surface area contributed by atoms with Crippen molar-refractivity contribution >= 4 is 5.97 Å². The fourth-order valence-corrected chi connectivity index (χ4v) is 3.95. The first-order chi connectivity index (χ1) is 13.1. The minimum absolute atomic E-state index is 0.0906. The molecule has 0 aromatic heterocycles. The second-order valence-corrected chi connectivity index (χ2v) is 8.46. The summed E-state index contributed by atoms with van der Waals surface area (Å²) in [4.78, 5) is 12.0. The molecule has 0 aliphatic rings. The van der Waals surface area contributed by atoms with Gasteiger partial charge in [0.15, 0.2) is 0 Å². The predicted octanol–water partition coefficient (Wildman–Crippen LogP) is 7.20. The minimum atomic E-state index is -0.226. The molecule has 0 rings (SSSR count). The van der Waals surface area contributed by atoms with Crippen LogP contribution in [-0.4, -0.2) is 24.3 Å². The third-order valence-corrected chi connectivity index (χ3v) is 5.67. The minimum Gasteiger partial charge on any atom is -0.465 e. The van der Waals surface area contributed by atoms with Gasteiger partial charge in [-0.05, 0) is 19.3 Å². The molecule has 0 aliphatic carbocycles. The molecule has 0 amide bonds. The van der Waals surface area contributed by atoms with E-state index in [2.05, 4.69) is 20.8 Å². The Labute approximate surface area is 169 Å². The van der Waals surface area contributed by atoms with Crippen molar-refractivity contribution in [3.63, 3.8) is 0 Å². The Morgan fingerprint density at radius 3 is 1.56 bits per heavy atom. The van der Waals surface area contributed by atoms with Gasteiger partial charge in [0.1, 0.15) is 0 Å². The molecular weight excluding hydrogens is 336 g/mol. The van der Waals surface area contributed by atoms with Crippen LogP contribution in [0.15, 0.2) is 0 Å². The van der Waals surface area contributed by atoms with E-state index in [1.165, 1.54) is 64.2 Å². The van der Waals surface area contributed by atoms with Crippen molar-refractivity contribution in [1.82, 2.24) is 0 Å². The molecule has 3 nitrogen and oxygen atoms in total. The van der Waals surface area contributed by atoms with Crippen molar-refractivity contribution in [1.29, 1.82) is 0 Å². The number of carbonyl (C=O) groups is 1. The molecule has 0 aliphatic heterocycles. The zero-order valence-electron chi connectivity index (χ0n) is 18.7. The van der Waals surface area contributed by atoms with Crippen molar-refractivity contribution in [3.05, 3.63) is 0 Å². The molecule has 3 heteroatoms. The molecule has 0 heterocycles. The molecule has 0 fully saturated rings. The summed E-state index contributed by atoms with van der Waals surface area (Å²) in [5, 5.41) is 9.75. The van der Waals surface area contributed by atoms with E-state index >= 15 is 0 Å². The van der Waals surface area contributed by atoms with Crippen LogP contribution < -0.4 is 0 Å². The fourth-order valence-electron chi connectivity index (χ4n) is 3.95. The molecule has 0 aromatic rings. The van der Waals surface area contributed by atoms with E-state index in [1.807, 2.05) is 0 Å². The van der Waals surface area contributed by atoms with Crippen LogP contribution in [-0.2, 0) is 9.53 Å². The van der Waals surface area contributed by atoms with Gasteiger partial charge in [0.05, 0.1) is 13.2 Å². The molecule has 0 unspecified atom stereocenters. The van der Waals surface area contributed by atoms with Gasteiger partial charge in [-0.3, -0.25) is 4.79 Å². The highest BCUT2D eigenvalue weighted by molar-refractivity contribution is 5.69. The van der Waals surface area contributed by atoms with Gasteiger partial charge < -0.3 is 9.84 Å². The zero-order valence-corrected chi connectivity index (χ0v) is 18.7. The second kappa shape index (κ2) is 18.8. The molecule has 1 N–H and O–H groups in total. The van der Waals surface area contributed by atoms with Gasteiger partial charge in [0.2, 0.25) is 0 Å². The SMILES string of the molecule is CCCCCCCCCCCCCCC(=O)OCC(CO)(CCC)CCC. The summed E-state index contributed by atoms with van der Waals surface area (Å²) in [5.74, 6) is -0.0906. The van der Waals surface area contributed by atoms with E-state index in [1.54, 1.807) is 0 Å². The molecule has 0 aromatic carbocycles. The number of hydrogen-bond donors (Lipinski definition) is 1. The second-order valence-electron chi connectivity index (χ2n) is 8.46. The Morgan fingerprint density at radius 1 is 0.704 bits per heavy atom.